The van der Waals surface area contributed by atoms with Crippen molar-refractivity contribution in [2.75, 3.05) is 32.7 Å². The molecule has 0 bridgehead atoms. The van der Waals surface area contributed by atoms with Crippen LogP contribution in [0.5, 0.6) is 0 Å². The van der Waals surface area contributed by atoms with E-state index in [1.54, 1.807) is 0 Å². The van der Waals surface area contributed by atoms with Gasteiger partial charge in [0.05, 0.1) is 0 Å². The van der Waals surface area contributed by atoms with E-state index in [9.17, 15) is 14.4 Å². The van der Waals surface area contributed by atoms with Crippen LogP contribution >= 0.6 is 0 Å². The number of nitrogens with one attached hydrogen (secondary N) is 2. The van der Waals surface area contributed by atoms with Crippen LogP contribution in [0.2, 0.25) is 0 Å². The lowest BCUT2D eigenvalue weighted by Crippen LogP contribution is -2.41. The Morgan fingerprint density at radius 2 is 1.88 bits per heavy atom. The molecule has 1 atom stereocenters. The van der Waals surface area contributed by atoms with Crippen molar-refractivity contribution in [3.63, 3.8) is 0 Å². The third-order valence-electron chi connectivity index (χ3n) is 5.45. The van der Waals surface area contributed by atoms with Gasteiger partial charge in [-0.1, -0.05) is 25.7 Å². The molecule has 0 aromatic carbocycles. The summed E-state index contributed by atoms with van der Waals surface area (Å²) in [5.74, 6) is -0.0401. The number of likely N-dealkylation sites (tertiary alicyclic amines) is 1. The molecule has 0 radical (unpaired) electrons. The monoisotopic (exact) mass is 336 g/mol. The Kier molecular flexibility index (Phi) is 5.71. The number of imide groups is 1. The summed E-state index contributed by atoms with van der Waals surface area (Å²) in [6.45, 7) is 2.79. The fourth-order valence-electron chi connectivity index (χ4n) is 4.08. The van der Waals surface area contributed by atoms with Crippen LogP contribution in [0, 0.1) is 5.92 Å². The van der Waals surface area contributed by atoms with Gasteiger partial charge in [0.1, 0.15) is 13.1 Å². The van der Waals surface area contributed by atoms with E-state index in [1.165, 1.54) is 43.4 Å². The molecule has 2 N–H and O–H groups in total. The van der Waals surface area contributed by atoms with Gasteiger partial charge in [0.2, 0.25) is 11.8 Å². The Morgan fingerprint density at radius 1 is 1.12 bits per heavy atom. The van der Waals surface area contributed by atoms with Crippen LogP contribution in [0.25, 0.3) is 0 Å². The number of hydrogen-bond donors (Lipinski definition) is 2. The van der Waals surface area contributed by atoms with E-state index in [1.807, 2.05) is 0 Å². The smallest absolute Gasteiger partial charge is 0.325 e. The highest BCUT2D eigenvalue weighted by atomic mass is 16.2. The average Bonchev–Trinajstić information content (AvgIpc) is 3.02. The third-order valence-corrected chi connectivity index (χ3v) is 5.45. The van der Waals surface area contributed by atoms with Crippen LogP contribution in [0.4, 0.5) is 4.79 Å². The highest BCUT2D eigenvalue weighted by molar-refractivity contribution is 6.03. The fraction of sp³-hybridized carbons (Fsp3) is 0.824. The number of hydrogen-bond acceptors (Lipinski definition) is 4. The van der Waals surface area contributed by atoms with Gasteiger partial charge < -0.3 is 15.1 Å². The summed E-state index contributed by atoms with van der Waals surface area (Å²) in [6.07, 6.45) is 9.19. The fourth-order valence-corrected chi connectivity index (χ4v) is 4.08. The number of urea groups is 1. The maximum Gasteiger partial charge on any atom is 0.325 e. The Hall–Kier alpha value is -1.63. The van der Waals surface area contributed by atoms with E-state index in [0.717, 1.165) is 25.6 Å². The molecule has 2 saturated heterocycles. The molecule has 1 saturated carbocycles. The van der Waals surface area contributed by atoms with Gasteiger partial charge in [-0.05, 0) is 31.7 Å². The second-order valence-electron chi connectivity index (χ2n) is 7.31. The van der Waals surface area contributed by atoms with Gasteiger partial charge in [0.15, 0.2) is 0 Å². The summed E-state index contributed by atoms with van der Waals surface area (Å²) in [5, 5.41) is 5.10. The summed E-state index contributed by atoms with van der Waals surface area (Å²) in [5.41, 5.74) is 0. The van der Waals surface area contributed by atoms with Gasteiger partial charge in [-0.25, -0.2) is 4.79 Å². The molecule has 1 aliphatic carbocycles. The molecule has 3 fully saturated rings. The zero-order valence-corrected chi connectivity index (χ0v) is 14.3. The molecular weight excluding hydrogens is 308 g/mol. The summed E-state index contributed by atoms with van der Waals surface area (Å²) >= 11 is 0. The number of carbonyl (C=O) groups excluding carboxylic acids is 3. The SMILES string of the molecule is O=C(CN1CC(=O)NC1=O)NCC1CCN(C2CCCCCC2)C1. The van der Waals surface area contributed by atoms with Crippen LogP contribution in [-0.4, -0.2) is 66.4 Å². The van der Waals surface area contributed by atoms with E-state index in [-0.39, 0.29) is 24.9 Å². The minimum atomic E-state index is -0.476. The van der Waals surface area contributed by atoms with Crippen molar-refractivity contribution >= 4 is 17.8 Å². The number of amides is 4. The lowest BCUT2D eigenvalue weighted by molar-refractivity contribution is -0.122. The summed E-state index contributed by atoms with van der Waals surface area (Å²) in [6, 6.07) is 0.253. The Morgan fingerprint density at radius 3 is 2.54 bits per heavy atom. The first-order chi connectivity index (χ1) is 11.6. The van der Waals surface area contributed by atoms with E-state index in [0.29, 0.717) is 12.5 Å². The van der Waals surface area contributed by atoms with E-state index in [4.69, 9.17) is 0 Å². The first kappa shape index (κ1) is 17.2. The second kappa shape index (κ2) is 7.96. The molecule has 7 nitrogen and oxygen atoms in total. The zero-order chi connectivity index (χ0) is 16.9. The van der Waals surface area contributed by atoms with Gasteiger partial charge in [-0.2, -0.15) is 0 Å². The van der Waals surface area contributed by atoms with Gasteiger partial charge >= 0.3 is 6.03 Å². The number of rotatable bonds is 5. The van der Waals surface area contributed by atoms with E-state index >= 15 is 0 Å². The van der Waals surface area contributed by atoms with Crippen molar-refractivity contribution in [3.05, 3.63) is 0 Å². The normalized spacial score (nSPS) is 26.5. The molecule has 4 amide bonds. The van der Waals surface area contributed by atoms with Gasteiger partial charge in [0.25, 0.3) is 0 Å². The second-order valence-corrected chi connectivity index (χ2v) is 7.31. The third kappa shape index (κ3) is 4.47. The molecule has 0 aromatic heterocycles. The van der Waals surface area contributed by atoms with Gasteiger partial charge in [-0.3, -0.25) is 14.9 Å². The molecule has 134 valence electrons. The van der Waals surface area contributed by atoms with E-state index < -0.39 is 6.03 Å². The summed E-state index contributed by atoms with van der Waals surface area (Å²) in [7, 11) is 0. The van der Waals surface area contributed by atoms with Crippen LogP contribution in [0.3, 0.4) is 0 Å². The van der Waals surface area contributed by atoms with Gasteiger partial charge in [0, 0.05) is 19.1 Å². The van der Waals surface area contributed by atoms with Crippen LogP contribution in [0.1, 0.15) is 44.9 Å². The number of nitrogens with zero attached hydrogens (tertiary/aromatic N) is 2. The summed E-state index contributed by atoms with van der Waals surface area (Å²) < 4.78 is 0. The standard InChI is InChI=1S/C17H28N4O3/c22-15(11-21-12-16(23)19-17(21)24)18-9-13-7-8-20(10-13)14-5-3-1-2-4-6-14/h13-14H,1-12H2,(H,18,22)(H,19,23,24). The van der Waals surface area contributed by atoms with Crippen molar-refractivity contribution in [2.24, 2.45) is 5.92 Å². The molecule has 0 spiro atoms. The van der Waals surface area contributed by atoms with Crippen LogP contribution in [-0.2, 0) is 9.59 Å². The highest BCUT2D eigenvalue weighted by Crippen LogP contribution is 2.26. The Labute approximate surface area is 143 Å². The Balaban J connectivity index is 1.37. The molecule has 3 rings (SSSR count). The van der Waals surface area contributed by atoms with Crippen molar-refractivity contribution in [1.29, 1.82) is 0 Å². The zero-order valence-electron chi connectivity index (χ0n) is 14.3. The molecule has 24 heavy (non-hydrogen) atoms. The molecule has 0 aromatic rings. The summed E-state index contributed by atoms with van der Waals surface area (Å²) in [4.78, 5) is 38.4. The van der Waals surface area contributed by atoms with Crippen molar-refractivity contribution < 1.29 is 14.4 Å². The van der Waals surface area contributed by atoms with Crippen molar-refractivity contribution in [1.82, 2.24) is 20.4 Å². The first-order valence-corrected chi connectivity index (χ1v) is 9.21. The molecular formula is C17H28N4O3. The molecule has 2 heterocycles. The van der Waals surface area contributed by atoms with E-state index in [2.05, 4.69) is 15.5 Å². The lowest BCUT2D eigenvalue weighted by Gasteiger charge is -2.26. The minimum absolute atomic E-state index is 0.0227. The molecule has 1 unspecified atom stereocenters. The molecule has 3 aliphatic rings. The lowest BCUT2D eigenvalue weighted by atomic mass is 10.1. The first-order valence-electron chi connectivity index (χ1n) is 9.21. The van der Waals surface area contributed by atoms with Gasteiger partial charge in [-0.15, -0.1) is 0 Å². The predicted molar refractivity (Wildman–Crippen MR) is 89.3 cm³/mol. The van der Waals surface area contributed by atoms with Crippen LogP contribution in [0.15, 0.2) is 0 Å². The van der Waals surface area contributed by atoms with Crippen molar-refractivity contribution in [3.8, 4) is 0 Å². The maximum absolute atomic E-state index is 12.0. The molecule has 7 heteroatoms. The van der Waals surface area contributed by atoms with Crippen molar-refractivity contribution in [2.45, 2.75) is 51.0 Å². The quantitative estimate of drug-likeness (QED) is 0.572. The average molecular weight is 336 g/mol. The number of carbonyl (C=O) groups is 3. The topological polar surface area (TPSA) is 81.8 Å². The maximum atomic E-state index is 12.0. The molecule has 2 aliphatic heterocycles. The highest BCUT2D eigenvalue weighted by Gasteiger charge is 2.30. The minimum Gasteiger partial charge on any atom is -0.354 e. The Bertz CT molecular complexity index is 488. The largest absolute Gasteiger partial charge is 0.354 e. The van der Waals surface area contributed by atoms with Crippen LogP contribution < -0.4 is 10.6 Å². The predicted octanol–water partition coefficient (Wildman–Crippen LogP) is 0.699.